The average molecular weight is 896 g/mol. The van der Waals surface area contributed by atoms with Crippen molar-refractivity contribution in [3.63, 3.8) is 0 Å². The molecule has 0 rings (SSSR count). The topological polar surface area (TPSA) is 135 Å². The van der Waals surface area contributed by atoms with E-state index >= 15 is 0 Å². The molecule has 11 nitrogen and oxygen atoms in total. The molecular weight excluding hydrogens is 799 g/mol. The first-order valence-electron chi connectivity index (χ1n) is 26.1. The molecule has 0 radical (unpaired) electrons. The molecule has 370 valence electrons. The Kier molecular flexibility index (Phi) is 42.6. The van der Waals surface area contributed by atoms with Crippen molar-refractivity contribution < 1.29 is 47.7 Å². The molecule has 0 saturated carbocycles. The zero-order valence-electron chi connectivity index (χ0n) is 41.6. The predicted octanol–water partition coefficient (Wildman–Crippen LogP) is 12.8. The van der Waals surface area contributed by atoms with E-state index in [0.717, 1.165) is 83.5 Å². The van der Waals surface area contributed by atoms with Gasteiger partial charge in [-0.05, 0) is 71.9 Å². The molecule has 0 aromatic heterocycles. The average Bonchev–Trinajstić information content (AvgIpc) is 3.26. The molecule has 0 fully saturated rings. The van der Waals surface area contributed by atoms with Crippen LogP contribution in [0.3, 0.4) is 0 Å². The van der Waals surface area contributed by atoms with Crippen LogP contribution in [0.5, 0.6) is 0 Å². The van der Waals surface area contributed by atoms with Crippen LogP contribution >= 0.6 is 0 Å². The summed E-state index contributed by atoms with van der Waals surface area (Å²) in [6, 6.07) is 0. The normalized spacial score (nSPS) is 12.7. The molecule has 63 heavy (non-hydrogen) atoms. The van der Waals surface area contributed by atoms with Gasteiger partial charge in [-0.3, -0.25) is 19.2 Å². The third kappa shape index (κ3) is 38.3. The summed E-state index contributed by atoms with van der Waals surface area (Å²) in [7, 11) is 3.70. The molecule has 3 atom stereocenters. The quantitative estimate of drug-likeness (QED) is 0.0328. The van der Waals surface area contributed by atoms with Crippen molar-refractivity contribution in [2.75, 3.05) is 47.1 Å². The molecule has 0 heterocycles. The summed E-state index contributed by atoms with van der Waals surface area (Å²) < 4.78 is 27.6. The molecule has 0 aliphatic carbocycles. The number of ether oxygens (including phenoxy) is 5. The Morgan fingerprint density at radius 2 is 0.730 bits per heavy atom. The second-order valence-electron chi connectivity index (χ2n) is 18.1. The number of carbonyl (C=O) groups excluding carboxylic acids is 5. The van der Waals surface area contributed by atoms with Crippen molar-refractivity contribution in [2.45, 2.75) is 246 Å². The van der Waals surface area contributed by atoms with Crippen molar-refractivity contribution in [1.29, 1.82) is 0 Å². The zero-order valence-corrected chi connectivity index (χ0v) is 41.6. The fourth-order valence-electron chi connectivity index (χ4n) is 7.63. The van der Waals surface area contributed by atoms with Crippen LogP contribution in [-0.2, 0) is 47.7 Å². The predicted molar refractivity (Wildman–Crippen MR) is 254 cm³/mol. The van der Waals surface area contributed by atoms with Gasteiger partial charge in [0.2, 0.25) is 6.10 Å². The maximum absolute atomic E-state index is 13.0. The van der Waals surface area contributed by atoms with Crippen molar-refractivity contribution >= 4 is 29.8 Å². The molecule has 11 heteroatoms. The Morgan fingerprint density at radius 1 is 0.381 bits per heavy atom. The van der Waals surface area contributed by atoms with Gasteiger partial charge in [0.1, 0.15) is 6.61 Å². The van der Waals surface area contributed by atoms with E-state index in [1.165, 1.54) is 89.9 Å². The molecule has 0 bridgehead atoms. The summed E-state index contributed by atoms with van der Waals surface area (Å²) >= 11 is 0. The highest BCUT2D eigenvalue weighted by atomic mass is 16.6. The van der Waals surface area contributed by atoms with Gasteiger partial charge in [-0.25, -0.2) is 4.79 Å². The van der Waals surface area contributed by atoms with Gasteiger partial charge >= 0.3 is 29.8 Å². The van der Waals surface area contributed by atoms with Crippen LogP contribution in [0.1, 0.15) is 240 Å². The Labute approximate surface area is 385 Å². The summed E-state index contributed by atoms with van der Waals surface area (Å²) in [5.74, 6) is -2.20. The number of nitrogens with zero attached hydrogens (tertiary/aromatic N) is 1. The Hall–Kier alpha value is -2.69. The smallest absolute Gasteiger partial charge is 0.348 e. The van der Waals surface area contributed by atoms with E-state index in [4.69, 9.17) is 23.7 Å². The number of hydrogen-bond acceptors (Lipinski definition) is 11. The van der Waals surface area contributed by atoms with Gasteiger partial charge < -0.3 is 28.6 Å². The van der Waals surface area contributed by atoms with Gasteiger partial charge in [-0.2, -0.15) is 0 Å². The van der Waals surface area contributed by atoms with Gasteiger partial charge in [-0.15, -0.1) is 0 Å². The maximum Gasteiger partial charge on any atom is 0.348 e. The summed E-state index contributed by atoms with van der Waals surface area (Å²) in [5.41, 5.74) is 0. The second kappa shape index (κ2) is 44.5. The van der Waals surface area contributed by atoms with E-state index in [-0.39, 0.29) is 43.4 Å². The minimum atomic E-state index is -1.39. The first-order chi connectivity index (χ1) is 30.6. The van der Waals surface area contributed by atoms with Crippen molar-refractivity contribution in [3.05, 3.63) is 0 Å². The van der Waals surface area contributed by atoms with Crippen LogP contribution < -0.4 is 0 Å². The van der Waals surface area contributed by atoms with E-state index in [9.17, 15) is 24.0 Å². The van der Waals surface area contributed by atoms with Crippen LogP contribution in [0.15, 0.2) is 0 Å². The van der Waals surface area contributed by atoms with Crippen molar-refractivity contribution in [2.24, 2.45) is 11.8 Å². The summed E-state index contributed by atoms with van der Waals surface area (Å²) in [5, 5.41) is 0. The molecular formula is C52H97NO10. The van der Waals surface area contributed by atoms with E-state index in [0.29, 0.717) is 45.4 Å². The van der Waals surface area contributed by atoms with Crippen molar-refractivity contribution in [3.8, 4) is 0 Å². The van der Waals surface area contributed by atoms with Crippen LogP contribution in [0.2, 0.25) is 0 Å². The lowest BCUT2D eigenvalue weighted by Gasteiger charge is -2.18. The van der Waals surface area contributed by atoms with Gasteiger partial charge in [0.05, 0.1) is 38.1 Å². The van der Waals surface area contributed by atoms with Gasteiger partial charge in [0, 0.05) is 13.0 Å². The first-order valence-corrected chi connectivity index (χ1v) is 26.1. The van der Waals surface area contributed by atoms with E-state index in [2.05, 4.69) is 27.7 Å². The second-order valence-corrected chi connectivity index (χ2v) is 18.1. The van der Waals surface area contributed by atoms with E-state index in [1.807, 2.05) is 19.0 Å². The molecule has 0 amide bonds. The number of carbonyl (C=O) groups is 5. The SMILES string of the molecule is CCCCCCCCC(CCCCCC)C(=O)OCCCCCCC(=O)OC(CC(=O)OCCCCCOC(=O)C(CCCCCC)CCCCCCCC)C(=O)OCCN(C)C. The maximum atomic E-state index is 13.0. The van der Waals surface area contributed by atoms with Crippen LogP contribution in [0.25, 0.3) is 0 Å². The molecule has 0 saturated heterocycles. The highest BCUT2D eigenvalue weighted by molar-refractivity contribution is 5.84. The summed E-state index contributed by atoms with van der Waals surface area (Å²) in [4.78, 5) is 66.2. The molecule has 0 N–H and O–H groups in total. The Bertz CT molecular complexity index is 1040. The minimum absolute atomic E-state index is 0.0204. The number of esters is 5. The minimum Gasteiger partial charge on any atom is -0.466 e. The fraction of sp³-hybridized carbons (Fsp3) is 0.904. The third-order valence-electron chi connectivity index (χ3n) is 11.8. The van der Waals surface area contributed by atoms with Crippen LogP contribution in [-0.4, -0.2) is 87.9 Å². The molecule has 0 aromatic rings. The molecule has 0 aromatic carbocycles. The summed E-state index contributed by atoms with van der Waals surface area (Å²) in [6.45, 7) is 10.3. The monoisotopic (exact) mass is 896 g/mol. The molecule has 3 unspecified atom stereocenters. The lowest BCUT2D eigenvalue weighted by Crippen LogP contribution is -2.33. The van der Waals surface area contributed by atoms with E-state index < -0.39 is 30.4 Å². The van der Waals surface area contributed by atoms with Crippen LogP contribution in [0, 0.1) is 11.8 Å². The highest BCUT2D eigenvalue weighted by Crippen LogP contribution is 2.22. The van der Waals surface area contributed by atoms with Crippen molar-refractivity contribution in [1.82, 2.24) is 4.90 Å². The number of rotatable bonds is 46. The van der Waals surface area contributed by atoms with E-state index in [1.54, 1.807) is 0 Å². The van der Waals surface area contributed by atoms with Gasteiger partial charge in [0.15, 0.2) is 0 Å². The standard InChI is InChI=1S/C52H97NO10/c1-7-11-15-19-21-28-36-45(34-26-17-13-9-3)50(56)60-41-31-24-23-30-38-48(54)63-47(52(58)62-43-39-53(5)6)44-49(55)59-40-32-25-33-42-61-51(57)46(35-27-18-14-10-4)37-29-22-20-16-12-8-2/h45-47H,7-44H2,1-6H3. The fourth-order valence-corrected chi connectivity index (χ4v) is 7.63. The number of likely N-dealkylation sites (N-methyl/N-ethyl adjacent to an activating group) is 1. The van der Waals surface area contributed by atoms with Crippen LogP contribution in [0.4, 0.5) is 0 Å². The highest BCUT2D eigenvalue weighted by Gasteiger charge is 2.28. The Morgan fingerprint density at radius 3 is 1.17 bits per heavy atom. The largest absolute Gasteiger partial charge is 0.466 e. The lowest BCUT2D eigenvalue weighted by atomic mass is 9.94. The molecule has 0 aliphatic heterocycles. The summed E-state index contributed by atoms with van der Waals surface area (Å²) in [6.07, 6.45) is 30.3. The number of unbranched alkanes of at least 4 members (excludes halogenated alkanes) is 21. The third-order valence-corrected chi connectivity index (χ3v) is 11.8. The molecule has 0 aliphatic rings. The first kappa shape index (κ1) is 60.3. The van der Waals surface area contributed by atoms with Gasteiger partial charge in [-0.1, -0.05) is 169 Å². The zero-order chi connectivity index (χ0) is 46.6. The lowest BCUT2D eigenvalue weighted by molar-refractivity contribution is -0.172. The molecule has 0 spiro atoms. The Balaban J connectivity index is 4.68. The van der Waals surface area contributed by atoms with Gasteiger partial charge in [0.25, 0.3) is 0 Å². The number of hydrogen-bond donors (Lipinski definition) is 0.